The van der Waals surface area contributed by atoms with Crippen LogP contribution in [0, 0.1) is 0 Å². The van der Waals surface area contributed by atoms with Crippen LogP contribution in [0.15, 0.2) is 94.7 Å². The summed E-state index contributed by atoms with van der Waals surface area (Å²) >= 11 is 0. The first kappa shape index (κ1) is 33.9. The average Bonchev–Trinajstić information content (AvgIpc) is 3.00. The molecule has 4 rings (SSSR count). The Bertz CT molecular complexity index is 1910. The lowest BCUT2D eigenvalue weighted by molar-refractivity contribution is 0.103. The third-order valence-corrected chi connectivity index (χ3v) is 9.48. The smallest absolute Gasteiger partial charge is 0.298 e. The van der Waals surface area contributed by atoms with Crippen molar-refractivity contribution in [3.63, 3.8) is 0 Å². The zero-order chi connectivity index (χ0) is 33.2. The first-order chi connectivity index (χ1) is 21.0. The summed E-state index contributed by atoms with van der Waals surface area (Å²) in [6.45, 7) is 9.75. The Morgan fingerprint density at radius 3 is 1.71 bits per heavy atom. The van der Waals surface area contributed by atoms with E-state index < -0.39 is 35.8 Å². The van der Waals surface area contributed by atoms with Crippen LogP contribution >= 0.6 is 0 Å². The van der Waals surface area contributed by atoms with Crippen molar-refractivity contribution < 1.29 is 40.2 Å². The minimum atomic E-state index is -4.84. The van der Waals surface area contributed by atoms with Crippen molar-refractivity contribution in [2.75, 3.05) is 0 Å². The summed E-state index contributed by atoms with van der Waals surface area (Å²) in [7, 11) is -9.48. The molecule has 0 bridgehead atoms. The van der Waals surface area contributed by atoms with Crippen LogP contribution < -0.4 is 9.47 Å². The fraction of sp³-hybridized carbons (Fsp3) is 0.265. The number of carbonyl (C=O) groups is 1. The Kier molecular flexibility index (Phi) is 9.88. The molecule has 0 aliphatic rings. The predicted molar refractivity (Wildman–Crippen MR) is 172 cm³/mol. The van der Waals surface area contributed by atoms with Gasteiger partial charge in [0, 0.05) is 11.1 Å². The maximum Gasteiger partial charge on any atom is 0.298 e. The maximum atomic E-state index is 13.3. The molecule has 0 unspecified atom stereocenters. The molecule has 11 heteroatoms. The zero-order valence-electron chi connectivity index (χ0n) is 25.6. The van der Waals surface area contributed by atoms with Crippen LogP contribution in [-0.2, 0) is 20.2 Å². The molecule has 0 radical (unpaired) electrons. The van der Waals surface area contributed by atoms with E-state index >= 15 is 0 Å². The minimum Gasteiger partial charge on any atom is -0.488 e. The molecule has 0 aliphatic carbocycles. The molecule has 0 fully saturated rings. The van der Waals surface area contributed by atoms with Crippen LogP contribution in [0.4, 0.5) is 0 Å². The van der Waals surface area contributed by atoms with Gasteiger partial charge in [0.15, 0.2) is 5.78 Å². The topological polar surface area (TPSA) is 144 Å². The third kappa shape index (κ3) is 8.17. The van der Waals surface area contributed by atoms with Gasteiger partial charge in [-0.1, -0.05) is 57.2 Å². The predicted octanol–water partition coefficient (Wildman–Crippen LogP) is 7.95. The summed E-state index contributed by atoms with van der Waals surface area (Å²) in [6, 6.07) is 21.9. The molecule has 4 aromatic rings. The quantitative estimate of drug-likeness (QED) is 0.115. The van der Waals surface area contributed by atoms with Gasteiger partial charge < -0.3 is 9.47 Å². The van der Waals surface area contributed by atoms with Crippen molar-refractivity contribution in [1.82, 2.24) is 0 Å². The molecule has 0 aliphatic heterocycles. The van der Waals surface area contributed by atoms with E-state index in [2.05, 4.69) is 6.92 Å². The average molecular weight is 653 g/mol. The van der Waals surface area contributed by atoms with Crippen LogP contribution in [0.25, 0.3) is 11.1 Å². The van der Waals surface area contributed by atoms with E-state index in [0.29, 0.717) is 12.0 Å². The molecular weight excluding hydrogens is 616 g/mol. The Hall–Kier alpha value is -4.03. The van der Waals surface area contributed by atoms with Crippen LogP contribution in [0.5, 0.6) is 17.2 Å². The van der Waals surface area contributed by atoms with E-state index in [4.69, 9.17) is 9.47 Å². The van der Waals surface area contributed by atoms with Crippen molar-refractivity contribution in [1.29, 1.82) is 0 Å². The second kappa shape index (κ2) is 13.1. The number of rotatable bonds is 12. The molecule has 0 amide bonds. The molecule has 0 saturated carbocycles. The number of ether oxygens (including phenoxy) is 2. The summed E-state index contributed by atoms with van der Waals surface area (Å²) < 4.78 is 80.3. The first-order valence-corrected chi connectivity index (χ1v) is 17.3. The highest BCUT2D eigenvalue weighted by molar-refractivity contribution is 7.86. The molecular formula is C34H36O9S2. The third-order valence-electron chi connectivity index (χ3n) is 7.70. The summed E-state index contributed by atoms with van der Waals surface area (Å²) in [5.41, 5.74) is 1.65. The van der Waals surface area contributed by atoms with Crippen molar-refractivity contribution in [3.8, 4) is 28.4 Å². The van der Waals surface area contributed by atoms with Gasteiger partial charge in [-0.25, -0.2) is 0 Å². The Balaban J connectivity index is 1.60. The monoisotopic (exact) mass is 652 g/mol. The highest BCUT2D eigenvalue weighted by Gasteiger charge is 2.24. The highest BCUT2D eigenvalue weighted by Crippen LogP contribution is 2.33. The van der Waals surface area contributed by atoms with Gasteiger partial charge >= 0.3 is 0 Å². The molecule has 2 N–H and O–H groups in total. The maximum absolute atomic E-state index is 13.3. The van der Waals surface area contributed by atoms with Crippen LogP contribution in [0.1, 0.15) is 74.9 Å². The van der Waals surface area contributed by atoms with Crippen molar-refractivity contribution in [2.45, 2.75) is 68.8 Å². The summed E-state index contributed by atoms with van der Waals surface area (Å²) in [5.74, 6) is -0.0993. The molecule has 45 heavy (non-hydrogen) atoms. The second-order valence-corrected chi connectivity index (χ2v) is 14.1. The van der Waals surface area contributed by atoms with Crippen molar-refractivity contribution in [3.05, 3.63) is 102 Å². The van der Waals surface area contributed by atoms with Gasteiger partial charge in [0.2, 0.25) is 0 Å². The van der Waals surface area contributed by atoms with E-state index in [1.807, 2.05) is 45.0 Å². The van der Waals surface area contributed by atoms with Crippen LogP contribution in [0.2, 0.25) is 0 Å². The lowest BCUT2D eigenvalue weighted by Gasteiger charge is -2.24. The molecule has 0 aromatic heterocycles. The number of hydrogen-bond donors (Lipinski definition) is 2. The van der Waals surface area contributed by atoms with Gasteiger partial charge in [-0.3, -0.25) is 13.9 Å². The Labute approximate surface area is 264 Å². The van der Waals surface area contributed by atoms with Gasteiger partial charge in [-0.15, -0.1) is 0 Å². The molecule has 4 aromatic carbocycles. The fourth-order valence-corrected chi connectivity index (χ4v) is 6.06. The van der Waals surface area contributed by atoms with Gasteiger partial charge in [-0.2, -0.15) is 16.8 Å². The van der Waals surface area contributed by atoms with Gasteiger partial charge in [0.1, 0.15) is 27.7 Å². The number of benzene rings is 4. The molecule has 0 heterocycles. The van der Waals surface area contributed by atoms with E-state index in [1.54, 1.807) is 31.2 Å². The standard InChI is InChI=1S/C34H36O9S2/c1-6-22(3)29-18-12-25(20-31(29)44(36,37)38)33(35)26-13-19-30(32(21-26)45(39,40)41)42-27-14-8-23(9-15-27)24-10-16-28(17-11-24)43-34(4,5)7-2/h8-22H,6-7H2,1-5H3,(H,36,37,38)(H,39,40,41)/t22-/m0/s1. The molecule has 238 valence electrons. The zero-order valence-corrected chi connectivity index (χ0v) is 27.3. The largest absolute Gasteiger partial charge is 0.488 e. The molecule has 0 saturated heterocycles. The van der Waals surface area contributed by atoms with E-state index in [1.165, 1.54) is 24.3 Å². The highest BCUT2D eigenvalue weighted by atomic mass is 32.2. The van der Waals surface area contributed by atoms with E-state index in [0.717, 1.165) is 35.4 Å². The summed E-state index contributed by atoms with van der Waals surface area (Å²) in [6.07, 6.45) is 1.46. The number of hydrogen-bond acceptors (Lipinski definition) is 7. The second-order valence-electron chi connectivity index (χ2n) is 11.4. The van der Waals surface area contributed by atoms with Gasteiger partial charge in [0.25, 0.3) is 20.2 Å². The minimum absolute atomic E-state index is 0.0890. The fourth-order valence-electron chi connectivity index (χ4n) is 4.58. The SMILES string of the molecule is CC[C@H](C)c1ccc(C(=O)c2ccc(Oc3ccc(-c4ccc(OC(C)(C)CC)cc4)cc3)c(S(=O)(=O)O)c2)cc1S(=O)(=O)O. The number of ketones is 1. The van der Waals surface area contributed by atoms with Crippen molar-refractivity contribution >= 4 is 26.0 Å². The summed E-state index contributed by atoms with van der Waals surface area (Å²) in [5, 5.41) is 0. The first-order valence-electron chi connectivity index (χ1n) is 14.4. The lowest BCUT2D eigenvalue weighted by Crippen LogP contribution is -2.26. The normalized spacial score (nSPS) is 12.9. The molecule has 9 nitrogen and oxygen atoms in total. The Morgan fingerprint density at radius 2 is 1.22 bits per heavy atom. The van der Waals surface area contributed by atoms with E-state index in [9.17, 15) is 30.7 Å². The van der Waals surface area contributed by atoms with Gasteiger partial charge in [0.05, 0.1) is 4.90 Å². The lowest BCUT2D eigenvalue weighted by atomic mass is 9.95. The van der Waals surface area contributed by atoms with Crippen LogP contribution in [0.3, 0.4) is 0 Å². The summed E-state index contributed by atoms with van der Waals surface area (Å²) in [4.78, 5) is 12.3. The Morgan fingerprint density at radius 1 is 0.733 bits per heavy atom. The van der Waals surface area contributed by atoms with Crippen LogP contribution in [-0.4, -0.2) is 37.3 Å². The molecule has 0 spiro atoms. The van der Waals surface area contributed by atoms with E-state index in [-0.39, 0.29) is 34.1 Å². The molecule has 1 atom stereocenters. The van der Waals surface area contributed by atoms with Crippen molar-refractivity contribution in [2.24, 2.45) is 0 Å². The van der Waals surface area contributed by atoms with Gasteiger partial charge in [-0.05, 0) is 97.8 Å². The number of carbonyl (C=O) groups excluding carboxylic acids is 1.